The molecule has 0 aromatic carbocycles. The largest absolute Gasteiger partial charge is 0.390 e. The Hall–Kier alpha value is 0.310. The molecule has 2 rings (SSSR count). The van der Waals surface area contributed by atoms with E-state index in [0.29, 0.717) is 0 Å². The fourth-order valence-corrected chi connectivity index (χ4v) is 3.11. The SMILES string of the molecule is OC1(CCC2CCCSC2)CC1. The third kappa shape index (κ3) is 2.40. The Morgan fingerprint density at radius 3 is 2.83 bits per heavy atom. The summed E-state index contributed by atoms with van der Waals surface area (Å²) in [7, 11) is 0. The molecule has 1 N–H and O–H groups in total. The molecule has 1 saturated carbocycles. The summed E-state index contributed by atoms with van der Waals surface area (Å²) in [6.07, 6.45) is 7.26. The zero-order valence-corrected chi connectivity index (χ0v) is 8.41. The van der Waals surface area contributed by atoms with E-state index in [-0.39, 0.29) is 5.60 Å². The van der Waals surface area contributed by atoms with Gasteiger partial charge in [0.05, 0.1) is 5.60 Å². The maximum Gasteiger partial charge on any atom is 0.0650 e. The summed E-state index contributed by atoms with van der Waals surface area (Å²) in [6, 6.07) is 0. The standard InChI is InChI=1S/C10H18OS/c11-10(5-6-10)4-3-9-2-1-7-12-8-9/h9,11H,1-8H2. The molecule has 2 heteroatoms. The van der Waals surface area contributed by atoms with Gasteiger partial charge in [-0.25, -0.2) is 0 Å². The van der Waals surface area contributed by atoms with Crippen molar-refractivity contribution in [3.8, 4) is 0 Å². The predicted octanol–water partition coefficient (Wildman–Crippen LogP) is 2.43. The summed E-state index contributed by atoms with van der Waals surface area (Å²) in [5.41, 5.74) is -0.206. The highest BCUT2D eigenvalue weighted by molar-refractivity contribution is 7.99. The van der Waals surface area contributed by atoms with E-state index in [9.17, 15) is 5.11 Å². The van der Waals surface area contributed by atoms with Gasteiger partial charge in [0.2, 0.25) is 0 Å². The molecule has 70 valence electrons. The molecule has 0 spiro atoms. The lowest BCUT2D eigenvalue weighted by Crippen LogP contribution is -2.15. The van der Waals surface area contributed by atoms with Crippen molar-refractivity contribution in [1.29, 1.82) is 0 Å². The number of thioether (sulfide) groups is 1. The van der Waals surface area contributed by atoms with E-state index in [1.807, 2.05) is 0 Å². The molecular weight excluding hydrogens is 168 g/mol. The minimum absolute atomic E-state index is 0.206. The van der Waals surface area contributed by atoms with Crippen LogP contribution in [0.15, 0.2) is 0 Å². The van der Waals surface area contributed by atoms with Crippen LogP contribution in [0.1, 0.15) is 38.5 Å². The lowest BCUT2D eigenvalue weighted by Gasteiger charge is -2.22. The minimum Gasteiger partial charge on any atom is -0.390 e. The van der Waals surface area contributed by atoms with Crippen molar-refractivity contribution in [3.05, 3.63) is 0 Å². The van der Waals surface area contributed by atoms with Gasteiger partial charge in [-0.15, -0.1) is 0 Å². The lowest BCUT2D eigenvalue weighted by molar-refractivity contribution is 0.131. The zero-order valence-electron chi connectivity index (χ0n) is 7.59. The van der Waals surface area contributed by atoms with Crippen molar-refractivity contribution >= 4 is 11.8 Å². The van der Waals surface area contributed by atoms with Gasteiger partial charge in [0, 0.05) is 0 Å². The number of hydrogen-bond acceptors (Lipinski definition) is 2. The Bertz CT molecular complexity index is 148. The van der Waals surface area contributed by atoms with E-state index < -0.39 is 0 Å². The van der Waals surface area contributed by atoms with Crippen LogP contribution in [0.5, 0.6) is 0 Å². The average Bonchev–Trinajstić information content (AvgIpc) is 2.84. The van der Waals surface area contributed by atoms with Crippen molar-refractivity contribution in [3.63, 3.8) is 0 Å². The van der Waals surface area contributed by atoms with Gasteiger partial charge in [-0.05, 0) is 55.9 Å². The van der Waals surface area contributed by atoms with Crippen LogP contribution in [-0.2, 0) is 0 Å². The molecule has 1 aliphatic heterocycles. The average molecular weight is 186 g/mol. The van der Waals surface area contributed by atoms with Gasteiger partial charge in [-0.2, -0.15) is 11.8 Å². The molecule has 0 aromatic heterocycles. The van der Waals surface area contributed by atoms with Crippen molar-refractivity contribution in [2.45, 2.75) is 44.1 Å². The molecular formula is C10H18OS. The molecule has 0 radical (unpaired) electrons. The molecule has 12 heavy (non-hydrogen) atoms. The van der Waals surface area contributed by atoms with Crippen molar-refractivity contribution < 1.29 is 5.11 Å². The Morgan fingerprint density at radius 1 is 1.42 bits per heavy atom. The molecule has 1 aliphatic carbocycles. The molecule has 2 aliphatic rings. The van der Waals surface area contributed by atoms with Gasteiger partial charge in [0.1, 0.15) is 0 Å². The number of rotatable bonds is 3. The summed E-state index contributed by atoms with van der Waals surface area (Å²) in [4.78, 5) is 0. The fourth-order valence-electron chi connectivity index (χ4n) is 1.90. The maximum atomic E-state index is 9.65. The number of hydrogen-bond donors (Lipinski definition) is 1. The second-order valence-electron chi connectivity index (χ2n) is 4.35. The molecule has 1 unspecified atom stereocenters. The Balaban J connectivity index is 1.65. The molecule has 1 heterocycles. The fraction of sp³-hybridized carbons (Fsp3) is 1.00. The van der Waals surface area contributed by atoms with Crippen LogP contribution in [0.25, 0.3) is 0 Å². The van der Waals surface area contributed by atoms with Crippen molar-refractivity contribution in [2.24, 2.45) is 5.92 Å². The van der Waals surface area contributed by atoms with Crippen LogP contribution < -0.4 is 0 Å². The summed E-state index contributed by atoms with van der Waals surface area (Å²) < 4.78 is 0. The van der Waals surface area contributed by atoms with Gasteiger partial charge < -0.3 is 5.11 Å². The van der Waals surface area contributed by atoms with Gasteiger partial charge in [0.15, 0.2) is 0 Å². The van der Waals surface area contributed by atoms with Crippen LogP contribution in [0, 0.1) is 5.92 Å². The quantitative estimate of drug-likeness (QED) is 0.730. The van der Waals surface area contributed by atoms with Crippen LogP contribution in [0.4, 0.5) is 0 Å². The van der Waals surface area contributed by atoms with Crippen LogP contribution >= 0.6 is 11.8 Å². The molecule has 0 aromatic rings. The monoisotopic (exact) mass is 186 g/mol. The van der Waals surface area contributed by atoms with E-state index in [2.05, 4.69) is 11.8 Å². The summed E-state index contributed by atoms with van der Waals surface area (Å²) >= 11 is 2.09. The molecule has 1 atom stereocenters. The van der Waals surface area contributed by atoms with Crippen LogP contribution in [0.3, 0.4) is 0 Å². The predicted molar refractivity (Wildman–Crippen MR) is 53.5 cm³/mol. The third-order valence-corrected chi connectivity index (χ3v) is 4.38. The Kier molecular flexibility index (Phi) is 2.66. The van der Waals surface area contributed by atoms with Gasteiger partial charge in [-0.3, -0.25) is 0 Å². The zero-order chi connectivity index (χ0) is 8.44. The first-order valence-electron chi connectivity index (χ1n) is 5.09. The highest BCUT2D eigenvalue weighted by atomic mass is 32.2. The van der Waals surface area contributed by atoms with Gasteiger partial charge in [0.25, 0.3) is 0 Å². The highest BCUT2D eigenvalue weighted by Gasteiger charge is 2.39. The smallest absolute Gasteiger partial charge is 0.0650 e. The molecule has 1 saturated heterocycles. The molecule has 0 amide bonds. The van der Waals surface area contributed by atoms with E-state index in [1.54, 1.807) is 0 Å². The highest BCUT2D eigenvalue weighted by Crippen LogP contribution is 2.41. The second kappa shape index (κ2) is 3.59. The summed E-state index contributed by atoms with van der Waals surface area (Å²) in [6.45, 7) is 0. The van der Waals surface area contributed by atoms with Gasteiger partial charge in [-0.1, -0.05) is 0 Å². The first kappa shape index (κ1) is 8.89. The van der Waals surface area contributed by atoms with E-state index >= 15 is 0 Å². The summed E-state index contributed by atoms with van der Waals surface area (Å²) in [5, 5.41) is 9.65. The van der Waals surface area contributed by atoms with Gasteiger partial charge >= 0.3 is 0 Å². The number of aliphatic hydroxyl groups is 1. The maximum absolute atomic E-state index is 9.65. The minimum atomic E-state index is -0.206. The molecule has 0 bridgehead atoms. The lowest BCUT2D eigenvalue weighted by atomic mass is 9.97. The first-order valence-corrected chi connectivity index (χ1v) is 6.24. The van der Waals surface area contributed by atoms with Crippen molar-refractivity contribution in [2.75, 3.05) is 11.5 Å². The Morgan fingerprint density at radius 2 is 2.25 bits per heavy atom. The first-order chi connectivity index (χ1) is 5.79. The summed E-state index contributed by atoms with van der Waals surface area (Å²) in [5.74, 6) is 3.62. The molecule has 1 nitrogen and oxygen atoms in total. The van der Waals surface area contributed by atoms with E-state index in [0.717, 1.165) is 25.2 Å². The normalized spacial score (nSPS) is 33.2. The topological polar surface area (TPSA) is 20.2 Å². The van der Waals surface area contributed by atoms with Crippen LogP contribution in [-0.4, -0.2) is 22.2 Å². The van der Waals surface area contributed by atoms with Crippen LogP contribution in [0.2, 0.25) is 0 Å². The molecule has 2 fully saturated rings. The second-order valence-corrected chi connectivity index (χ2v) is 5.50. The van der Waals surface area contributed by atoms with E-state index in [4.69, 9.17) is 0 Å². The Labute approximate surface area is 78.9 Å². The third-order valence-electron chi connectivity index (χ3n) is 3.10. The van der Waals surface area contributed by atoms with Crippen molar-refractivity contribution in [1.82, 2.24) is 0 Å². The van der Waals surface area contributed by atoms with E-state index in [1.165, 1.54) is 30.8 Å².